The predicted octanol–water partition coefficient (Wildman–Crippen LogP) is 4.60. The van der Waals surface area contributed by atoms with Crippen molar-refractivity contribution in [1.29, 1.82) is 0 Å². The molecule has 0 amide bonds. The van der Waals surface area contributed by atoms with E-state index < -0.39 is 0 Å². The molecule has 2 aliphatic rings. The van der Waals surface area contributed by atoms with Crippen LogP contribution in [0.25, 0.3) is 0 Å². The van der Waals surface area contributed by atoms with Crippen molar-refractivity contribution in [3.63, 3.8) is 0 Å². The smallest absolute Gasteiger partial charge is 0.0127 e. The Morgan fingerprint density at radius 1 is 1.00 bits per heavy atom. The Hall–Kier alpha value is -0.820. The highest BCUT2D eigenvalue weighted by atomic mass is 14.9. The van der Waals surface area contributed by atoms with Gasteiger partial charge in [-0.3, -0.25) is 0 Å². The number of hydrogen-bond donors (Lipinski definition) is 1. The summed E-state index contributed by atoms with van der Waals surface area (Å²) in [6, 6.07) is 9.84. The van der Waals surface area contributed by atoms with E-state index in [1.54, 1.807) is 11.1 Å². The summed E-state index contributed by atoms with van der Waals surface area (Å²) in [5.74, 6) is 2.71. The average molecular weight is 285 g/mol. The van der Waals surface area contributed by atoms with Gasteiger partial charge in [0.15, 0.2) is 0 Å². The summed E-state index contributed by atoms with van der Waals surface area (Å²) in [5.41, 5.74) is 3.21. The maximum absolute atomic E-state index is 3.87. The van der Waals surface area contributed by atoms with Crippen molar-refractivity contribution in [2.75, 3.05) is 6.54 Å². The van der Waals surface area contributed by atoms with Crippen molar-refractivity contribution in [3.8, 4) is 0 Å². The van der Waals surface area contributed by atoms with E-state index in [-0.39, 0.29) is 0 Å². The fourth-order valence-electron chi connectivity index (χ4n) is 4.63. The molecular weight excluding hydrogens is 254 g/mol. The number of rotatable bonds is 4. The quantitative estimate of drug-likeness (QED) is 0.853. The Morgan fingerprint density at radius 3 is 2.43 bits per heavy atom. The zero-order valence-electron chi connectivity index (χ0n) is 13.8. The molecule has 0 saturated heterocycles. The normalized spacial score (nSPS) is 30.7. The Labute approximate surface area is 130 Å². The second kappa shape index (κ2) is 6.96. The van der Waals surface area contributed by atoms with Crippen LogP contribution in [-0.2, 0) is 12.8 Å². The topological polar surface area (TPSA) is 12.0 Å². The summed E-state index contributed by atoms with van der Waals surface area (Å²) in [6.07, 6.45) is 9.71. The maximum Gasteiger partial charge on any atom is 0.0127 e. The van der Waals surface area contributed by atoms with Gasteiger partial charge in [-0.15, -0.1) is 0 Å². The van der Waals surface area contributed by atoms with Gasteiger partial charge in [0.2, 0.25) is 0 Å². The van der Waals surface area contributed by atoms with Crippen LogP contribution in [0.4, 0.5) is 0 Å². The van der Waals surface area contributed by atoms with E-state index in [1.165, 1.54) is 44.9 Å². The summed E-state index contributed by atoms with van der Waals surface area (Å²) in [4.78, 5) is 0. The van der Waals surface area contributed by atoms with Crippen LogP contribution in [0.2, 0.25) is 0 Å². The third kappa shape index (κ3) is 3.51. The van der Waals surface area contributed by atoms with Crippen molar-refractivity contribution in [2.45, 2.75) is 64.8 Å². The van der Waals surface area contributed by atoms with Crippen LogP contribution in [0.3, 0.4) is 0 Å². The SMILES string of the molecule is CCNC(C1CCC(C)CC1)C1CCc2ccccc2C1. The monoisotopic (exact) mass is 285 g/mol. The highest BCUT2D eigenvalue weighted by Crippen LogP contribution is 2.37. The maximum atomic E-state index is 3.87. The first-order valence-corrected chi connectivity index (χ1v) is 9.08. The molecule has 1 nitrogen and oxygen atoms in total. The Balaban J connectivity index is 1.70. The van der Waals surface area contributed by atoms with E-state index in [2.05, 4.69) is 43.4 Å². The number of nitrogens with one attached hydrogen (secondary N) is 1. The molecule has 1 N–H and O–H groups in total. The number of aryl methyl sites for hydroxylation is 1. The third-order valence-electron chi connectivity index (χ3n) is 5.90. The highest BCUT2D eigenvalue weighted by molar-refractivity contribution is 5.30. The predicted molar refractivity (Wildman–Crippen MR) is 90.5 cm³/mol. The molecule has 0 heterocycles. The number of hydrogen-bond acceptors (Lipinski definition) is 1. The van der Waals surface area contributed by atoms with Crippen molar-refractivity contribution in [3.05, 3.63) is 35.4 Å². The summed E-state index contributed by atoms with van der Waals surface area (Å²) in [6.45, 7) is 5.82. The van der Waals surface area contributed by atoms with Crippen LogP contribution >= 0.6 is 0 Å². The molecule has 0 radical (unpaired) electrons. The molecule has 0 aromatic heterocycles. The van der Waals surface area contributed by atoms with Crippen LogP contribution in [-0.4, -0.2) is 12.6 Å². The van der Waals surface area contributed by atoms with Gasteiger partial charge in [0.05, 0.1) is 0 Å². The molecule has 2 aliphatic carbocycles. The molecule has 0 spiro atoms. The molecule has 116 valence electrons. The van der Waals surface area contributed by atoms with Crippen molar-refractivity contribution < 1.29 is 0 Å². The number of fused-ring (bicyclic) bond motifs is 1. The van der Waals surface area contributed by atoms with Gasteiger partial charge in [-0.2, -0.15) is 0 Å². The van der Waals surface area contributed by atoms with Crippen LogP contribution in [0.1, 0.15) is 57.1 Å². The molecule has 0 bridgehead atoms. The molecule has 1 fully saturated rings. The van der Waals surface area contributed by atoms with Gasteiger partial charge in [-0.25, -0.2) is 0 Å². The standard InChI is InChI=1S/C20H31N/c1-3-21-20(17-10-8-15(2)9-11-17)19-13-12-16-6-4-5-7-18(16)14-19/h4-7,15,17,19-21H,3,8-14H2,1-2H3. The van der Waals surface area contributed by atoms with Crippen LogP contribution in [0.15, 0.2) is 24.3 Å². The minimum absolute atomic E-state index is 0.746. The van der Waals surface area contributed by atoms with Crippen LogP contribution < -0.4 is 5.32 Å². The van der Waals surface area contributed by atoms with Gasteiger partial charge in [-0.05, 0) is 67.5 Å². The molecular formula is C20H31N. The minimum atomic E-state index is 0.746. The Kier molecular flexibility index (Phi) is 5.00. The first-order chi connectivity index (χ1) is 10.3. The van der Waals surface area contributed by atoms with Gasteiger partial charge in [0.1, 0.15) is 0 Å². The molecule has 3 rings (SSSR count). The zero-order valence-corrected chi connectivity index (χ0v) is 13.8. The lowest BCUT2D eigenvalue weighted by Gasteiger charge is -2.40. The lowest BCUT2D eigenvalue weighted by molar-refractivity contribution is 0.174. The highest BCUT2D eigenvalue weighted by Gasteiger charge is 2.33. The van der Waals surface area contributed by atoms with Crippen molar-refractivity contribution in [2.24, 2.45) is 17.8 Å². The average Bonchev–Trinajstić information content (AvgIpc) is 2.53. The second-order valence-electron chi connectivity index (χ2n) is 7.38. The summed E-state index contributed by atoms with van der Waals surface area (Å²) >= 11 is 0. The first-order valence-electron chi connectivity index (χ1n) is 9.08. The fraction of sp³-hybridized carbons (Fsp3) is 0.700. The molecule has 0 aliphatic heterocycles. The Morgan fingerprint density at radius 2 is 1.71 bits per heavy atom. The molecule has 1 aromatic carbocycles. The van der Waals surface area contributed by atoms with Crippen molar-refractivity contribution in [1.82, 2.24) is 5.32 Å². The van der Waals surface area contributed by atoms with E-state index in [0.717, 1.165) is 30.3 Å². The molecule has 2 atom stereocenters. The van der Waals surface area contributed by atoms with E-state index in [4.69, 9.17) is 0 Å². The zero-order chi connectivity index (χ0) is 14.7. The minimum Gasteiger partial charge on any atom is -0.314 e. The largest absolute Gasteiger partial charge is 0.314 e. The third-order valence-corrected chi connectivity index (χ3v) is 5.90. The molecule has 1 aromatic rings. The van der Waals surface area contributed by atoms with Crippen molar-refractivity contribution >= 4 is 0 Å². The summed E-state index contributed by atoms with van der Waals surface area (Å²) < 4.78 is 0. The lowest BCUT2D eigenvalue weighted by Crippen LogP contribution is -2.45. The van der Waals surface area contributed by atoms with E-state index in [1.807, 2.05) is 0 Å². The van der Waals surface area contributed by atoms with Gasteiger partial charge in [-0.1, -0.05) is 51.0 Å². The Bertz CT molecular complexity index is 445. The fourth-order valence-corrected chi connectivity index (χ4v) is 4.63. The van der Waals surface area contributed by atoms with Crippen LogP contribution in [0, 0.1) is 17.8 Å². The summed E-state index contributed by atoms with van der Waals surface area (Å²) in [5, 5.41) is 3.87. The van der Waals surface area contributed by atoms with Gasteiger partial charge >= 0.3 is 0 Å². The molecule has 1 saturated carbocycles. The molecule has 21 heavy (non-hydrogen) atoms. The van der Waals surface area contributed by atoms with Gasteiger partial charge < -0.3 is 5.32 Å². The molecule has 2 unspecified atom stereocenters. The van der Waals surface area contributed by atoms with Gasteiger partial charge in [0, 0.05) is 6.04 Å². The lowest BCUT2D eigenvalue weighted by atomic mass is 9.71. The molecule has 1 heteroatoms. The first kappa shape index (κ1) is 15.1. The van der Waals surface area contributed by atoms with Crippen LogP contribution in [0.5, 0.6) is 0 Å². The summed E-state index contributed by atoms with van der Waals surface area (Å²) in [7, 11) is 0. The second-order valence-corrected chi connectivity index (χ2v) is 7.38. The number of benzene rings is 1. The van der Waals surface area contributed by atoms with Gasteiger partial charge in [0.25, 0.3) is 0 Å². The van der Waals surface area contributed by atoms with E-state index >= 15 is 0 Å². The van der Waals surface area contributed by atoms with E-state index in [9.17, 15) is 0 Å². The van der Waals surface area contributed by atoms with E-state index in [0.29, 0.717) is 0 Å².